The molecule has 1 atom stereocenters. The van der Waals surface area contributed by atoms with E-state index in [0.717, 1.165) is 26.0 Å². The minimum absolute atomic E-state index is 0.602. The molecule has 0 spiro atoms. The molecule has 0 saturated carbocycles. The Labute approximate surface area is 103 Å². The highest BCUT2D eigenvalue weighted by molar-refractivity contribution is 7.07. The average molecular weight is 241 g/mol. The molecule has 1 heterocycles. The molecule has 1 rings (SSSR count). The van der Waals surface area contributed by atoms with E-state index in [1.54, 1.807) is 18.4 Å². The lowest BCUT2D eigenvalue weighted by Crippen LogP contribution is -2.31. The van der Waals surface area contributed by atoms with Gasteiger partial charge in [0.25, 0.3) is 0 Å². The molecule has 16 heavy (non-hydrogen) atoms. The Hall–Kier alpha value is -0.380. The summed E-state index contributed by atoms with van der Waals surface area (Å²) in [6.07, 6.45) is 4.68. The van der Waals surface area contributed by atoms with Crippen LogP contribution in [0.25, 0.3) is 0 Å². The van der Waals surface area contributed by atoms with Crippen molar-refractivity contribution in [2.24, 2.45) is 0 Å². The third kappa shape index (κ3) is 5.64. The van der Waals surface area contributed by atoms with Gasteiger partial charge in [-0.3, -0.25) is 0 Å². The van der Waals surface area contributed by atoms with Crippen molar-refractivity contribution in [2.45, 2.75) is 38.6 Å². The zero-order valence-electron chi connectivity index (χ0n) is 10.4. The molecule has 0 bridgehead atoms. The van der Waals surface area contributed by atoms with Crippen LogP contribution in [0.3, 0.4) is 0 Å². The SMILES string of the molecule is CCCNC(CCCOC)Cc1ccsc1. The quantitative estimate of drug-likeness (QED) is 0.671. The smallest absolute Gasteiger partial charge is 0.0462 e. The van der Waals surface area contributed by atoms with Crippen molar-refractivity contribution in [3.05, 3.63) is 22.4 Å². The summed E-state index contributed by atoms with van der Waals surface area (Å²) in [5, 5.41) is 8.02. The first-order chi connectivity index (χ1) is 7.86. The van der Waals surface area contributed by atoms with Gasteiger partial charge < -0.3 is 10.1 Å². The summed E-state index contributed by atoms with van der Waals surface area (Å²) in [6.45, 7) is 4.19. The van der Waals surface area contributed by atoms with Gasteiger partial charge in [-0.15, -0.1) is 0 Å². The number of thiophene rings is 1. The first kappa shape index (κ1) is 13.7. The number of methoxy groups -OCH3 is 1. The van der Waals surface area contributed by atoms with Crippen molar-refractivity contribution in [3.63, 3.8) is 0 Å². The zero-order valence-corrected chi connectivity index (χ0v) is 11.2. The van der Waals surface area contributed by atoms with Crippen LogP contribution in [0.2, 0.25) is 0 Å². The van der Waals surface area contributed by atoms with Crippen molar-refractivity contribution in [3.8, 4) is 0 Å². The minimum atomic E-state index is 0.602. The fourth-order valence-corrected chi connectivity index (χ4v) is 2.47. The van der Waals surface area contributed by atoms with Crippen molar-refractivity contribution in [1.29, 1.82) is 0 Å². The maximum absolute atomic E-state index is 5.11. The van der Waals surface area contributed by atoms with E-state index in [2.05, 4.69) is 29.1 Å². The Morgan fingerprint density at radius 3 is 3.00 bits per heavy atom. The van der Waals surface area contributed by atoms with E-state index in [1.165, 1.54) is 18.4 Å². The van der Waals surface area contributed by atoms with Gasteiger partial charge in [-0.2, -0.15) is 11.3 Å². The van der Waals surface area contributed by atoms with E-state index in [9.17, 15) is 0 Å². The monoisotopic (exact) mass is 241 g/mol. The maximum Gasteiger partial charge on any atom is 0.0462 e. The molecule has 1 N–H and O–H groups in total. The molecular weight excluding hydrogens is 218 g/mol. The van der Waals surface area contributed by atoms with Crippen molar-refractivity contribution >= 4 is 11.3 Å². The van der Waals surface area contributed by atoms with Crippen molar-refractivity contribution < 1.29 is 4.74 Å². The Balaban J connectivity index is 2.31. The molecule has 1 unspecified atom stereocenters. The van der Waals surface area contributed by atoms with Crippen LogP contribution in [-0.2, 0) is 11.2 Å². The lowest BCUT2D eigenvalue weighted by Gasteiger charge is -2.17. The maximum atomic E-state index is 5.11. The van der Waals surface area contributed by atoms with Gasteiger partial charge in [-0.1, -0.05) is 6.92 Å². The van der Waals surface area contributed by atoms with Gasteiger partial charge in [0.2, 0.25) is 0 Å². The Kier molecular flexibility index (Phi) is 7.47. The van der Waals surface area contributed by atoms with Gasteiger partial charge in [0.15, 0.2) is 0 Å². The van der Waals surface area contributed by atoms with Gasteiger partial charge in [-0.05, 0) is 54.6 Å². The highest BCUT2D eigenvalue weighted by Crippen LogP contribution is 2.11. The fraction of sp³-hybridized carbons (Fsp3) is 0.692. The zero-order chi connectivity index (χ0) is 11.6. The van der Waals surface area contributed by atoms with E-state index in [-0.39, 0.29) is 0 Å². The van der Waals surface area contributed by atoms with Crippen LogP contribution in [0.4, 0.5) is 0 Å². The van der Waals surface area contributed by atoms with E-state index in [1.807, 2.05) is 0 Å². The highest BCUT2D eigenvalue weighted by Gasteiger charge is 2.08. The summed E-state index contributed by atoms with van der Waals surface area (Å²) in [5.41, 5.74) is 1.45. The van der Waals surface area contributed by atoms with E-state index < -0.39 is 0 Å². The van der Waals surface area contributed by atoms with E-state index in [0.29, 0.717) is 6.04 Å². The predicted molar refractivity (Wildman–Crippen MR) is 71.2 cm³/mol. The molecular formula is C13H23NOS. The fourth-order valence-electron chi connectivity index (χ4n) is 1.79. The van der Waals surface area contributed by atoms with Gasteiger partial charge in [0.1, 0.15) is 0 Å². The molecule has 0 aliphatic carbocycles. The molecule has 1 aromatic rings. The number of hydrogen-bond donors (Lipinski definition) is 1. The van der Waals surface area contributed by atoms with Crippen LogP contribution in [-0.4, -0.2) is 26.3 Å². The standard InChI is InChI=1S/C13H23NOS/c1-3-7-14-13(5-4-8-15-2)10-12-6-9-16-11-12/h6,9,11,13-14H,3-5,7-8,10H2,1-2H3. The minimum Gasteiger partial charge on any atom is -0.385 e. The van der Waals surface area contributed by atoms with Crippen molar-refractivity contribution in [1.82, 2.24) is 5.32 Å². The molecule has 0 saturated heterocycles. The highest BCUT2D eigenvalue weighted by atomic mass is 32.1. The average Bonchev–Trinajstić information content (AvgIpc) is 2.78. The Bertz CT molecular complexity index is 248. The molecule has 0 radical (unpaired) electrons. The molecule has 1 aromatic heterocycles. The molecule has 92 valence electrons. The third-order valence-electron chi connectivity index (χ3n) is 2.65. The van der Waals surface area contributed by atoms with E-state index >= 15 is 0 Å². The third-order valence-corrected chi connectivity index (χ3v) is 3.38. The van der Waals surface area contributed by atoms with Crippen LogP contribution in [0, 0.1) is 0 Å². The molecule has 0 amide bonds. The summed E-state index contributed by atoms with van der Waals surface area (Å²) in [5.74, 6) is 0. The summed E-state index contributed by atoms with van der Waals surface area (Å²) in [7, 11) is 1.77. The lowest BCUT2D eigenvalue weighted by atomic mass is 10.0. The molecule has 2 nitrogen and oxygen atoms in total. The van der Waals surface area contributed by atoms with Gasteiger partial charge in [0, 0.05) is 19.8 Å². The summed E-state index contributed by atoms with van der Waals surface area (Å²) in [6, 6.07) is 2.83. The van der Waals surface area contributed by atoms with E-state index in [4.69, 9.17) is 4.74 Å². The summed E-state index contributed by atoms with van der Waals surface area (Å²) >= 11 is 1.78. The topological polar surface area (TPSA) is 21.3 Å². The number of nitrogens with one attached hydrogen (secondary N) is 1. The normalized spacial score (nSPS) is 12.9. The van der Waals surface area contributed by atoms with Crippen LogP contribution < -0.4 is 5.32 Å². The first-order valence-corrected chi connectivity index (χ1v) is 7.04. The van der Waals surface area contributed by atoms with Gasteiger partial charge >= 0.3 is 0 Å². The lowest BCUT2D eigenvalue weighted by molar-refractivity contribution is 0.188. The number of ether oxygens (including phenoxy) is 1. The predicted octanol–water partition coefficient (Wildman–Crippen LogP) is 3.09. The molecule has 0 aliphatic rings. The second-order valence-corrected chi connectivity index (χ2v) is 4.90. The second-order valence-electron chi connectivity index (χ2n) is 4.12. The first-order valence-electron chi connectivity index (χ1n) is 6.10. The van der Waals surface area contributed by atoms with Crippen LogP contribution >= 0.6 is 11.3 Å². The van der Waals surface area contributed by atoms with Crippen LogP contribution in [0.1, 0.15) is 31.7 Å². The van der Waals surface area contributed by atoms with Crippen LogP contribution in [0.15, 0.2) is 16.8 Å². The molecule has 0 aliphatic heterocycles. The summed E-state index contributed by atoms with van der Waals surface area (Å²) in [4.78, 5) is 0. The molecule has 0 aromatic carbocycles. The second kappa shape index (κ2) is 8.74. The molecule has 0 fully saturated rings. The van der Waals surface area contributed by atoms with Gasteiger partial charge in [0.05, 0.1) is 0 Å². The van der Waals surface area contributed by atoms with Gasteiger partial charge in [-0.25, -0.2) is 0 Å². The Morgan fingerprint density at radius 1 is 1.50 bits per heavy atom. The van der Waals surface area contributed by atoms with Crippen LogP contribution in [0.5, 0.6) is 0 Å². The largest absolute Gasteiger partial charge is 0.385 e. The number of hydrogen-bond acceptors (Lipinski definition) is 3. The Morgan fingerprint density at radius 2 is 2.38 bits per heavy atom. The van der Waals surface area contributed by atoms with Crippen molar-refractivity contribution in [2.75, 3.05) is 20.3 Å². The molecule has 3 heteroatoms. The summed E-state index contributed by atoms with van der Waals surface area (Å²) < 4.78 is 5.11. The number of rotatable bonds is 9.